The predicted octanol–water partition coefficient (Wildman–Crippen LogP) is 3.21. The maximum atomic E-state index is 3.95. The summed E-state index contributed by atoms with van der Waals surface area (Å²) >= 11 is 0. The molecule has 0 fully saturated rings. The minimum atomic E-state index is 0.477. The Balaban J connectivity index is 2.43. The molecule has 0 unspecified atom stereocenters. The van der Waals surface area contributed by atoms with Crippen molar-refractivity contribution in [2.75, 3.05) is 0 Å². The molecule has 1 N–H and O–H groups in total. The molecule has 1 rings (SSSR count). The second-order valence-corrected chi connectivity index (χ2v) is 4.46. The van der Waals surface area contributed by atoms with Crippen molar-refractivity contribution in [3.05, 3.63) is 36.5 Å². The lowest BCUT2D eigenvalue weighted by Crippen LogP contribution is -2.39. The van der Waals surface area contributed by atoms with Crippen LogP contribution in [0.5, 0.6) is 0 Å². The first-order valence-corrected chi connectivity index (χ1v) is 5.29. The van der Waals surface area contributed by atoms with Crippen molar-refractivity contribution in [3.8, 4) is 0 Å². The first-order valence-electron chi connectivity index (χ1n) is 5.29. The minimum Gasteiger partial charge on any atom is -0.307 e. The fraction of sp³-hybridized carbons (Fsp3) is 0.538. The van der Waals surface area contributed by atoms with Gasteiger partial charge in [-0.1, -0.05) is 23.3 Å². The number of nitrogens with one attached hydrogen (secondary N) is 1. The topological polar surface area (TPSA) is 12.0 Å². The van der Waals surface area contributed by atoms with Crippen molar-refractivity contribution in [2.45, 2.75) is 45.2 Å². The second-order valence-electron chi connectivity index (χ2n) is 4.46. The van der Waals surface area contributed by atoms with Gasteiger partial charge in [0.1, 0.15) is 0 Å². The van der Waals surface area contributed by atoms with Crippen LogP contribution >= 0.6 is 0 Å². The van der Waals surface area contributed by atoms with Crippen LogP contribution in [0, 0.1) is 0 Å². The van der Waals surface area contributed by atoms with Gasteiger partial charge < -0.3 is 5.32 Å². The van der Waals surface area contributed by atoms with Gasteiger partial charge >= 0.3 is 0 Å². The molecule has 1 aliphatic rings. The highest BCUT2D eigenvalue weighted by Crippen LogP contribution is 2.15. The predicted molar refractivity (Wildman–Crippen MR) is 63.3 cm³/mol. The molecule has 0 bridgehead atoms. The van der Waals surface area contributed by atoms with E-state index in [-0.39, 0.29) is 0 Å². The summed E-state index contributed by atoms with van der Waals surface area (Å²) in [4.78, 5) is 0. The molecular weight excluding hydrogens is 170 g/mol. The molecule has 78 valence electrons. The van der Waals surface area contributed by atoms with Crippen LogP contribution in [0.2, 0.25) is 0 Å². The first kappa shape index (κ1) is 11.3. The van der Waals surface area contributed by atoms with Crippen molar-refractivity contribution >= 4 is 0 Å². The maximum Gasteiger partial charge on any atom is 0.0289 e. The molecule has 0 spiro atoms. The highest BCUT2D eigenvalue weighted by atomic mass is 14.9. The van der Waals surface area contributed by atoms with Gasteiger partial charge in [-0.2, -0.15) is 0 Å². The molecule has 0 amide bonds. The monoisotopic (exact) mass is 191 g/mol. The Morgan fingerprint density at radius 1 is 1.29 bits per heavy atom. The quantitative estimate of drug-likeness (QED) is 0.673. The van der Waals surface area contributed by atoms with Gasteiger partial charge in [0.25, 0.3) is 0 Å². The molecule has 0 saturated heterocycles. The Kier molecular flexibility index (Phi) is 4.15. The van der Waals surface area contributed by atoms with E-state index >= 15 is 0 Å². The summed E-state index contributed by atoms with van der Waals surface area (Å²) < 4.78 is 0. The Morgan fingerprint density at radius 2 is 1.93 bits per heavy atom. The van der Waals surface area contributed by atoms with Crippen molar-refractivity contribution in [1.29, 1.82) is 0 Å². The van der Waals surface area contributed by atoms with Gasteiger partial charge in [0.05, 0.1) is 0 Å². The van der Waals surface area contributed by atoms with Gasteiger partial charge in [-0.15, -0.1) is 13.2 Å². The highest BCUT2D eigenvalue weighted by molar-refractivity contribution is 5.09. The van der Waals surface area contributed by atoms with Crippen molar-refractivity contribution in [3.63, 3.8) is 0 Å². The lowest BCUT2D eigenvalue weighted by Gasteiger charge is -2.27. The van der Waals surface area contributed by atoms with Crippen LogP contribution in [0.25, 0.3) is 0 Å². The zero-order valence-electron chi connectivity index (χ0n) is 9.34. The Bertz CT molecular complexity index is 250. The third-order valence-electron chi connectivity index (χ3n) is 2.40. The zero-order chi connectivity index (χ0) is 10.6. The lowest BCUT2D eigenvalue weighted by atomic mass is 9.97. The van der Waals surface area contributed by atoms with Crippen LogP contribution in [0.3, 0.4) is 0 Å². The van der Waals surface area contributed by atoms with Gasteiger partial charge in [0.15, 0.2) is 0 Å². The third kappa shape index (κ3) is 3.93. The molecule has 1 nitrogen and oxygen atoms in total. The van der Waals surface area contributed by atoms with E-state index in [0.29, 0.717) is 12.1 Å². The van der Waals surface area contributed by atoms with E-state index in [4.69, 9.17) is 0 Å². The molecule has 1 heterocycles. The lowest BCUT2D eigenvalue weighted by molar-refractivity contribution is 0.445. The standard InChI is InChI=1S/C13H21N/c1-10(2)8-12-6-5-7-13(14-12)9-11(3)4/h5-6,12-14H,1,3,7-9H2,2,4H3/t12-,13-/m0/s1. The molecule has 0 aliphatic carbocycles. The molecule has 0 aromatic heterocycles. The molecule has 1 heteroatoms. The van der Waals surface area contributed by atoms with Crippen LogP contribution in [-0.2, 0) is 0 Å². The van der Waals surface area contributed by atoms with Crippen LogP contribution < -0.4 is 5.32 Å². The minimum absolute atomic E-state index is 0.477. The van der Waals surface area contributed by atoms with Crippen molar-refractivity contribution in [1.82, 2.24) is 5.32 Å². The third-order valence-corrected chi connectivity index (χ3v) is 2.40. The average molecular weight is 191 g/mol. The molecule has 0 saturated carbocycles. The number of rotatable bonds is 4. The van der Waals surface area contributed by atoms with E-state index in [2.05, 4.69) is 44.5 Å². The molecular formula is C13H21N. The second kappa shape index (κ2) is 5.16. The first-order chi connectivity index (χ1) is 6.58. The summed E-state index contributed by atoms with van der Waals surface area (Å²) in [7, 11) is 0. The summed E-state index contributed by atoms with van der Waals surface area (Å²) in [6.07, 6.45) is 7.78. The number of hydrogen-bond donors (Lipinski definition) is 1. The van der Waals surface area contributed by atoms with E-state index in [1.54, 1.807) is 0 Å². The largest absolute Gasteiger partial charge is 0.307 e. The maximum absolute atomic E-state index is 3.95. The van der Waals surface area contributed by atoms with Gasteiger partial charge in [-0.05, 0) is 33.1 Å². The van der Waals surface area contributed by atoms with E-state index in [9.17, 15) is 0 Å². The van der Waals surface area contributed by atoms with Gasteiger partial charge in [-0.3, -0.25) is 0 Å². The van der Waals surface area contributed by atoms with Gasteiger partial charge in [0, 0.05) is 12.1 Å². The smallest absolute Gasteiger partial charge is 0.0289 e. The molecule has 0 radical (unpaired) electrons. The van der Waals surface area contributed by atoms with Gasteiger partial charge in [-0.25, -0.2) is 0 Å². The Labute approximate surface area is 87.6 Å². The molecule has 2 atom stereocenters. The Morgan fingerprint density at radius 3 is 2.50 bits per heavy atom. The zero-order valence-corrected chi connectivity index (χ0v) is 9.34. The molecule has 14 heavy (non-hydrogen) atoms. The van der Waals surface area contributed by atoms with Crippen LogP contribution in [-0.4, -0.2) is 12.1 Å². The van der Waals surface area contributed by atoms with E-state index < -0.39 is 0 Å². The normalized spacial score (nSPS) is 26.1. The summed E-state index contributed by atoms with van der Waals surface area (Å²) in [6.45, 7) is 12.1. The number of hydrogen-bond acceptors (Lipinski definition) is 1. The van der Waals surface area contributed by atoms with E-state index in [1.165, 1.54) is 11.1 Å². The summed E-state index contributed by atoms with van der Waals surface area (Å²) in [5.74, 6) is 0. The fourth-order valence-corrected chi connectivity index (χ4v) is 1.90. The van der Waals surface area contributed by atoms with Gasteiger partial charge in [0.2, 0.25) is 0 Å². The summed E-state index contributed by atoms with van der Waals surface area (Å²) in [5, 5.41) is 3.61. The highest BCUT2D eigenvalue weighted by Gasteiger charge is 2.16. The van der Waals surface area contributed by atoms with Crippen LogP contribution in [0.4, 0.5) is 0 Å². The van der Waals surface area contributed by atoms with Crippen molar-refractivity contribution in [2.24, 2.45) is 0 Å². The fourth-order valence-electron chi connectivity index (χ4n) is 1.90. The average Bonchev–Trinajstić information content (AvgIpc) is 2.01. The summed E-state index contributed by atoms with van der Waals surface area (Å²) in [5.41, 5.74) is 2.50. The van der Waals surface area contributed by atoms with E-state index in [0.717, 1.165) is 19.3 Å². The molecule has 0 aromatic carbocycles. The SMILES string of the molecule is C=C(C)C[C@@H]1CC=C[C@@H](CC(=C)C)N1. The Hall–Kier alpha value is -0.820. The van der Waals surface area contributed by atoms with Crippen molar-refractivity contribution < 1.29 is 0 Å². The molecule has 0 aromatic rings. The van der Waals surface area contributed by atoms with E-state index in [1.807, 2.05) is 0 Å². The van der Waals surface area contributed by atoms with Crippen LogP contribution in [0.15, 0.2) is 36.5 Å². The van der Waals surface area contributed by atoms with Crippen LogP contribution in [0.1, 0.15) is 33.1 Å². The molecule has 1 aliphatic heterocycles. The summed E-state index contributed by atoms with van der Waals surface area (Å²) in [6, 6.07) is 1.05.